The van der Waals surface area contributed by atoms with Crippen molar-refractivity contribution in [3.05, 3.63) is 0 Å². The van der Waals surface area contributed by atoms with E-state index in [1.54, 1.807) is 0 Å². The van der Waals surface area contributed by atoms with E-state index in [0.717, 1.165) is 136 Å². The first-order chi connectivity index (χ1) is 43.7. The molecule has 0 rings (SSSR count). The molecule has 0 heterocycles. The largest absolute Gasteiger partial charge is 0.392 e. The Balaban J connectivity index is 5.51. The minimum absolute atomic E-state index is 0.311. The lowest BCUT2D eigenvalue weighted by Gasteiger charge is -2.30. The van der Waals surface area contributed by atoms with Crippen molar-refractivity contribution in [3.8, 4) is 0 Å². The van der Waals surface area contributed by atoms with Crippen LogP contribution in [0.2, 0.25) is 0 Å². The van der Waals surface area contributed by atoms with Crippen LogP contribution in [0.15, 0.2) is 0 Å². The van der Waals surface area contributed by atoms with Crippen molar-refractivity contribution in [1.82, 2.24) is 20.0 Å². The number of unbranched alkanes of at least 4 members (excludes halogenated alkanes) is 46. The SMILES string of the molecule is CCCCCCCCCCCCC(O)CN(CCCCNCCCN(CC(O)CCCCCCCCCCCC)CC(O)CCCCCCCCCCCC)CCCN(CC(O)CCCCCCCCCCCC)CC(O)CCCCCCCCCCCC. The van der Waals surface area contributed by atoms with Gasteiger partial charge in [0.2, 0.25) is 0 Å². The Bertz CT molecular complexity index is 1240. The molecule has 0 aliphatic heterocycles. The van der Waals surface area contributed by atoms with E-state index < -0.39 is 0 Å². The van der Waals surface area contributed by atoms with E-state index in [0.29, 0.717) is 26.2 Å². The Morgan fingerprint density at radius 3 is 0.618 bits per heavy atom. The van der Waals surface area contributed by atoms with Gasteiger partial charge in [0, 0.05) is 32.7 Å². The van der Waals surface area contributed by atoms with Crippen LogP contribution in [0.4, 0.5) is 0 Å². The summed E-state index contributed by atoms with van der Waals surface area (Å²) in [6.45, 7) is 20.3. The molecule has 0 aromatic heterocycles. The fourth-order valence-corrected chi connectivity index (χ4v) is 13.7. The van der Waals surface area contributed by atoms with E-state index in [2.05, 4.69) is 54.6 Å². The van der Waals surface area contributed by atoms with Gasteiger partial charge < -0.3 is 35.7 Å². The predicted molar refractivity (Wildman–Crippen MR) is 393 cm³/mol. The number of nitrogens with zero attached hydrogens (tertiary/aromatic N) is 3. The van der Waals surface area contributed by atoms with Gasteiger partial charge >= 0.3 is 0 Å². The zero-order valence-corrected chi connectivity index (χ0v) is 61.5. The Labute approximate surface area is 558 Å². The molecule has 0 aromatic rings. The summed E-state index contributed by atoms with van der Waals surface area (Å²) in [6, 6.07) is 0. The first-order valence-corrected chi connectivity index (χ1v) is 41.0. The molecule has 89 heavy (non-hydrogen) atoms. The van der Waals surface area contributed by atoms with Gasteiger partial charge in [-0.3, -0.25) is 9.80 Å². The van der Waals surface area contributed by atoms with Crippen molar-refractivity contribution < 1.29 is 25.5 Å². The van der Waals surface area contributed by atoms with E-state index >= 15 is 0 Å². The third-order valence-corrected chi connectivity index (χ3v) is 19.7. The standard InChI is InChI=1S/C80H166N4O5/c1-6-11-16-21-26-31-36-41-46-51-60-76(85)71-82(69-59-70-84(74-79(88)63-54-49-44-39-34-29-24-19-14-9-4)75-80(89)64-55-50-45-40-35-30-25-20-15-10-5)67-57-56-65-81-66-58-68-83(72-77(86)61-52-47-42-37-32-27-22-17-12-7-2)73-78(87)62-53-48-43-38-33-28-23-18-13-8-3/h76-81,85-89H,6-75H2,1-5H3. The van der Waals surface area contributed by atoms with Gasteiger partial charge in [-0.05, 0) is 97.1 Å². The zero-order valence-electron chi connectivity index (χ0n) is 61.5. The minimum atomic E-state index is -0.361. The average molecular weight is 1260 g/mol. The lowest BCUT2D eigenvalue weighted by atomic mass is 10.0. The molecular formula is C80H166N4O5. The van der Waals surface area contributed by atoms with Gasteiger partial charge in [0.1, 0.15) is 0 Å². The highest BCUT2D eigenvalue weighted by atomic mass is 16.3. The zero-order chi connectivity index (χ0) is 64.8. The van der Waals surface area contributed by atoms with Crippen molar-refractivity contribution >= 4 is 0 Å². The maximum absolute atomic E-state index is 11.5. The van der Waals surface area contributed by atoms with E-state index in [9.17, 15) is 25.5 Å². The fraction of sp³-hybridized carbons (Fsp3) is 1.00. The van der Waals surface area contributed by atoms with Gasteiger partial charge in [-0.1, -0.05) is 356 Å². The Morgan fingerprint density at radius 2 is 0.371 bits per heavy atom. The summed E-state index contributed by atoms with van der Waals surface area (Å²) in [7, 11) is 0. The molecule has 9 heteroatoms. The van der Waals surface area contributed by atoms with Gasteiger partial charge in [-0.2, -0.15) is 0 Å². The molecule has 5 unspecified atom stereocenters. The van der Waals surface area contributed by atoms with E-state index in [-0.39, 0.29) is 30.5 Å². The van der Waals surface area contributed by atoms with Crippen LogP contribution in [0.5, 0.6) is 0 Å². The molecule has 0 radical (unpaired) electrons. The molecular weight excluding hydrogens is 1100 g/mol. The Morgan fingerprint density at radius 1 is 0.191 bits per heavy atom. The third kappa shape index (κ3) is 68.8. The maximum atomic E-state index is 11.5. The molecule has 0 saturated heterocycles. The van der Waals surface area contributed by atoms with Gasteiger partial charge in [0.05, 0.1) is 30.5 Å². The second-order valence-electron chi connectivity index (χ2n) is 29.1. The van der Waals surface area contributed by atoms with Crippen molar-refractivity contribution in [2.45, 2.75) is 444 Å². The maximum Gasteiger partial charge on any atom is 0.0667 e. The molecule has 9 nitrogen and oxygen atoms in total. The Hall–Kier alpha value is -0.360. The van der Waals surface area contributed by atoms with Crippen LogP contribution >= 0.6 is 0 Å². The molecule has 0 aliphatic carbocycles. The molecule has 0 fully saturated rings. The van der Waals surface area contributed by atoms with Crippen molar-refractivity contribution in [2.24, 2.45) is 0 Å². The summed E-state index contributed by atoms with van der Waals surface area (Å²) >= 11 is 0. The summed E-state index contributed by atoms with van der Waals surface area (Å²) in [5, 5.41) is 60.6. The lowest BCUT2D eigenvalue weighted by molar-refractivity contribution is 0.0559. The summed E-state index contributed by atoms with van der Waals surface area (Å²) in [5.41, 5.74) is 0. The number of rotatable bonds is 78. The fourth-order valence-electron chi connectivity index (χ4n) is 13.7. The van der Waals surface area contributed by atoms with E-state index in [1.165, 1.54) is 289 Å². The molecule has 0 amide bonds. The summed E-state index contributed by atoms with van der Waals surface area (Å²) in [4.78, 5) is 7.27. The van der Waals surface area contributed by atoms with Gasteiger partial charge in [-0.25, -0.2) is 0 Å². The predicted octanol–water partition coefficient (Wildman–Crippen LogP) is 21.4. The van der Waals surface area contributed by atoms with Crippen LogP contribution in [0.25, 0.3) is 0 Å². The van der Waals surface area contributed by atoms with Crippen molar-refractivity contribution in [2.75, 3.05) is 72.0 Å². The number of aliphatic hydroxyl groups excluding tert-OH is 5. The number of nitrogens with one attached hydrogen (secondary N) is 1. The van der Waals surface area contributed by atoms with Crippen LogP contribution in [0, 0.1) is 0 Å². The lowest BCUT2D eigenvalue weighted by Crippen LogP contribution is -2.40. The third-order valence-electron chi connectivity index (χ3n) is 19.7. The molecule has 5 atom stereocenters. The van der Waals surface area contributed by atoms with Crippen LogP contribution in [0.1, 0.15) is 413 Å². The molecule has 6 N–H and O–H groups in total. The van der Waals surface area contributed by atoms with Gasteiger partial charge in [0.25, 0.3) is 0 Å². The molecule has 0 aromatic carbocycles. The van der Waals surface area contributed by atoms with E-state index in [1.807, 2.05) is 0 Å². The summed E-state index contributed by atoms with van der Waals surface area (Å²) < 4.78 is 0. The number of hydrogen-bond acceptors (Lipinski definition) is 9. The first kappa shape index (κ1) is 88.6. The molecule has 0 spiro atoms. The summed E-state index contributed by atoms with van der Waals surface area (Å²) in [6.07, 6.45) is 72.0. The first-order valence-electron chi connectivity index (χ1n) is 41.0. The number of hydrogen-bond donors (Lipinski definition) is 6. The van der Waals surface area contributed by atoms with Crippen LogP contribution < -0.4 is 5.32 Å². The van der Waals surface area contributed by atoms with Crippen LogP contribution in [-0.2, 0) is 0 Å². The Kier molecular flexibility index (Phi) is 73.2. The molecule has 0 aliphatic rings. The van der Waals surface area contributed by atoms with Crippen LogP contribution in [0.3, 0.4) is 0 Å². The monoisotopic (exact) mass is 1260 g/mol. The quantitative estimate of drug-likeness (QED) is 0.0331. The molecule has 0 saturated carbocycles. The van der Waals surface area contributed by atoms with E-state index in [4.69, 9.17) is 0 Å². The molecule has 0 bridgehead atoms. The smallest absolute Gasteiger partial charge is 0.0667 e. The highest BCUT2D eigenvalue weighted by Gasteiger charge is 2.19. The topological polar surface area (TPSA) is 123 Å². The highest BCUT2D eigenvalue weighted by molar-refractivity contribution is 4.74. The second kappa shape index (κ2) is 73.4. The average Bonchev–Trinajstić information content (AvgIpc) is 3.66. The normalized spacial score (nSPS) is 13.9. The highest BCUT2D eigenvalue weighted by Crippen LogP contribution is 2.19. The number of aliphatic hydroxyl groups is 5. The molecule has 536 valence electrons. The van der Waals surface area contributed by atoms with Crippen molar-refractivity contribution in [1.29, 1.82) is 0 Å². The summed E-state index contributed by atoms with van der Waals surface area (Å²) in [5.74, 6) is 0. The van der Waals surface area contributed by atoms with Gasteiger partial charge in [0.15, 0.2) is 0 Å². The van der Waals surface area contributed by atoms with Crippen molar-refractivity contribution in [3.63, 3.8) is 0 Å². The van der Waals surface area contributed by atoms with Gasteiger partial charge in [-0.15, -0.1) is 0 Å². The second-order valence-corrected chi connectivity index (χ2v) is 29.1. The minimum Gasteiger partial charge on any atom is -0.392 e. The van der Waals surface area contributed by atoms with Crippen LogP contribution in [-0.4, -0.2) is 143 Å².